The molecule has 2 aromatic carbocycles. The molecule has 1 N–H and O–H groups in total. The quantitative estimate of drug-likeness (QED) is 0.837. The Labute approximate surface area is 162 Å². The molecule has 8 heteroatoms. The van der Waals surface area contributed by atoms with Gasteiger partial charge in [-0.1, -0.05) is 24.3 Å². The largest absolute Gasteiger partial charge is 0.480 e. The van der Waals surface area contributed by atoms with Crippen LogP contribution in [0.4, 0.5) is 4.39 Å². The van der Waals surface area contributed by atoms with E-state index in [4.69, 9.17) is 0 Å². The van der Waals surface area contributed by atoms with Gasteiger partial charge in [-0.3, -0.25) is 4.79 Å². The van der Waals surface area contributed by atoms with Crippen LogP contribution in [0.3, 0.4) is 0 Å². The second-order valence-electron chi connectivity index (χ2n) is 6.84. The summed E-state index contributed by atoms with van der Waals surface area (Å²) in [6.45, 7) is 3.62. The van der Waals surface area contributed by atoms with Gasteiger partial charge < -0.3 is 5.11 Å². The molecule has 0 saturated carbocycles. The van der Waals surface area contributed by atoms with Gasteiger partial charge in [-0.05, 0) is 49.2 Å². The van der Waals surface area contributed by atoms with E-state index in [-0.39, 0.29) is 17.3 Å². The van der Waals surface area contributed by atoms with Crippen LogP contribution in [0.5, 0.6) is 0 Å². The molecule has 0 spiro atoms. The molecule has 0 aliphatic carbocycles. The minimum atomic E-state index is -3.97. The van der Waals surface area contributed by atoms with E-state index in [2.05, 4.69) is 0 Å². The summed E-state index contributed by atoms with van der Waals surface area (Å²) >= 11 is 1.45. The van der Waals surface area contributed by atoms with E-state index in [1.165, 1.54) is 36.0 Å². The number of sulfonamides is 1. The Hall–Kier alpha value is -1.90. The number of benzene rings is 2. The number of hydrogen-bond donors (Lipinski definition) is 1. The number of halogens is 1. The van der Waals surface area contributed by atoms with Crippen LogP contribution in [0.15, 0.2) is 53.4 Å². The number of nitrogens with zero attached hydrogens (tertiary/aromatic N) is 1. The first-order valence-corrected chi connectivity index (χ1v) is 10.8. The lowest BCUT2D eigenvalue weighted by molar-refractivity contribution is -0.142. The van der Waals surface area contributed by atoms with E-state index in [1.807, 2.05) is 0 Å². The molecule has 144 valence electrons. The first-order valence-electron chi connectivity index (χ1n) is 8.37. The molecule has 2 aromatic rings. The molecule has 0 radical (unpaired) electrons. The fraction of sp³-hybridized carbons (Fsp3) is 0.316. The van der Waals surface area contributed by atoms with E-state index in [9.17, 15) is 22.7 Å². The lowest BCUT2D eigenvalue weighted by Crippen LogP contribution is -2.58. The summed E-state index contributed by atoms with van der Waals surface area (Å²) in [5.74, 6) is -1.01. The minimum Gasteiger partial charge on any atom is -0.480 e. The Kier molecular flexibility index (Phi) is 5.33. The molecular weight excluding hydrogens is 389 g/mol. The van der Waals surface area contributed by atoms with Crippen LogP contribution in [0.25, 0.3) is 11.1 Å². The van der Waals surface area contributed by atoms with Gasteiger partial charge in [-0.15, -0.1) is 0 Å². The predicted molar refractivity (Wildman–Crippen MR) is 104 cm³/mol. The van der Waals surface area contributed by atoms with Crippen LogP contribution in [0.1, 0.15) is 13.8 Å². The van der Waals surface area contributed by atoms with E-state index in [1.54, 1.807) is 38.1 Å². The molecule has 0 amide bonds. The summed E-state index contributed by atoms with van der Waals surface area (Å²) in [5, 5.41) is 9.62. The van der Waals surface area contributed by atoms with Crippen molar-refractivity contribution < 1.29 is 22.7 Å². The van der Waals surface area contributed by atoms with E-state index >= 15 is 0 Å². The van der Waals surface area contributed by atoms with E-state index < -0.39 is 26.8 Å². The zero-order valence-electron chi connectivity index (χ0n) is 14.9. The first-order chi connectivity index (χ1) is 12.6. The molecule has 1 aliphatic heterocycles. The van der Waals surface area contributed by atoms with Crippen molar-refractivity contribution in [2.24, 2.45) is 0 Å². The van der Waals surface area contributed by atoms with Gasteiger partial charge in [0.25, 0.3) is 0 Å². The molecule has 1 saturated heterocycles. The highest BCUT2D eigenvalue weighted by molar-refractivity contribution is 8.00. The van der Waals surface area contributed by atoms with Crippen molar-refractivity contribution in [3.8, 4) is 11.1 Å². The van der Waals surface area contributed by atoms with Gasteiger partial charge in [0.05, 0.1) is 4.90 Å². The van der Waals surface area contributed by atoms with E-state index in [0.29, 0.717) is 16.9 Å². The summed E-state index contributed by atoms with van der Waals surface area (Å²) in [6.07, 6.45) is 0. The van der Waals surface area contributed by atoms with Gasteiger partial charge in [-0.25, -0.2) is 12.8 Å². The summed E-state index contributed by atoms with van der Waals surface area (Å²) in [4.78, 5) is 11.8. The van der Waals surface area contributed by atoms with Crippen LogP contribution in [-0.4, -0.2) is 46.9 Å². The van der Waals surface area contributed by atoms with Crippen LogP contribution in [0.2, 0.25) is 0 Å². The second-order valence-corrected chi connectivity index (χ2v) is 10.5. The number of aliphatic carboxylic acids is 1. The van der Waals surface area contributed by atoms with E-state index in [0.717, 1.165) is 4.31 Å². The van der Waals surface area contributed by atoms with Crippen molar-refractivity contribution in [2.45, 2.75) is 29.5 Å². The maximum Gasteiger partial charge on any atom is 0.323 e. The molecular formula is C19H20FNO4S2. The Bertz CT molecular complexity index is 958. The molecule has 1 atom stereocenters. The third-order valence-corrected chi connectivity index (χ3v) is 7.82. The summed E-state index contributed by atoms with van der Waals surface area (Å²) in [7, 11) is -3.97. The van der Waals surface area contributed by atoms with Crippen molar-refractivity contribution in [3.63, 3.8) is 0 Å². The van der Waals surface area contributed by atoms with Gasteiger partial charge in [0, 0.05) is 17.0 Å². The van der Waals surface area contributed by atoms with Gasteiger partial charge in [0.1, 0.15) is 11.9 Å². The molecule has 27 heavy (non-hydrogen) atoms. The molecule has 0 bridgehead atoms. The average molecular weight is 410 g/mol. The number of rotatable bonds is 4. The third kappa shape index (κ3) is 3.88. The molecule has 5 nitrogen and oxygen atoms in total. The zero-order valence-corrected chi connectivity index (χ0v) is 16.6. The molecule has 1 fully saturated rings. The lowest BCUT2D eigenvalue weighted by Gasteiger charge is -2.42. The van der Waals surface area contributed by atoms with Crippen LogP contribution >= 0.6 is 11.8 Å². The number of carboxylic acids is 1. The van der Waals surface area contributed by atoms with Crippen LogP contribution in [0, 0.1) is 5.82 Å². The van der Waals surface area contributed by atoms with Gasteiger partial charge >= 0.3 is 5.97 Å². The summed E-state index contributed by atoms with van der Waals surface area (Å²) in [5.41, 5.74) is 1.32. The molecule has 1 heterocycles. The zero-order chi connectivity index (χ0) is 19.8. The maximum absolute atomic E-state index is 13.4. The third-order valence-electron chi connectivity index (χ3n) is 4.59. The predicted octanol–water partition coefficient (Wildman–Crippen LogP) is 3.46. The Morgan fingerprint density at radius 2 is 1.85 bits per heavy atom. The normalized spacial score (nSPS) is 20.3. The average Bonchev–Trinajstić information content (AvgIpc) is 2.60. The smallest absolute Gasteiger partial charge is 0.323 e. The van der Waals surface area contributed by atoms with Crippen molar-refractivity contribution in [1.82, 2.24) is 4.31 Å². The van der Waals surface area contributed by atoms with Crippen LogP contribution < -0.4 is 0 Å². The summed E-state index contributed by atoms with van der Waals surface area (Å²) in [6, 6.07) is 10.9. The highest BCUT2D eigenvalue weighted by Gasteiger charge is 2.48. The highest BCUT2D eigenvalue weighted by Crippen LogP contribution is 2.38. The topological polar surface area (TPSA) is 74.7 Å². The molecule has 3 rings (SSSR count). The number of carboxylic acid groups (broad SMARTS) is 1. The SMILES string of the molecule is CC1(C)SCCN(S(=O)(=O)c2ccc(-c3cccc(F)c3)cc2)[C@H]1C(=O)O. The van der Waals surface area contributed by atoms with Crippen molar-refractivity contribution in [2.75, 3.05) is 12.3 Å². The lowest BCUT2D eigenvalue weighted by atomic mass is 10.0. The highest BCUT2D eigenvalue weighted by atomic mass is 32.2. The Balaban J connectivity index is 1.96. The van der Waals surface area contributed by atoms with Gasteiger partial charge in [-0.2, -0.15) is 16.1 Å². The molecule has 1 aliphatic rings. The van der Waals surface area contributed by atoms with Crippen molar-refractivity contribution in [1.29, 1.82) is 0 Å². The van der Waals surface area contributed by atoms with Crippen LogP contribution in [-0.2, 0) is 14.8 Å². The monoisotopic (exact) mass is 409 g/mol. The fourth-order valence-electron chi connectivity index (χ4n) is 3.26. The summed E-state index contributed by atoms with van der Waals surface area (Å²) < 4.78 is 39.9. The Morgan fingerprint density at radius 3 is 2.44 bits per heavy atom. The number of thioether (sulfide) groups is 1. The Morgan fingerprint density at radius 1 is 1.19 bits per heavy atom. The minimum absolute atomic E-state index is 0.0246. The van der Waals surface area contributed by atoms with Crippen molar-refractivity contribution in [3.05, 3.63) is 54.3 Å². The maximum atomic E-state index is 13.4. The fourth-order valence-corrected chi connectivity index (χ4v) is 6.35. The number of hydrogen-bond acceptors (Lipinski definition) is 4. The van der Waals surface area contributed by atoms with Gasteiger partial charge in [0.2, 0.25) is 10.0 Å². The van der Waals surface area contributed by atoms with Gasteiger partial charge in [0.15, 0.2) is 0 Å². The number of carbonyl (C=O) groups is 1. The molecule has 0 aromatic heterocycles. The standard InChI is InChI=1S/C19H20FNO4S2/c1-19(2)17(18(22)23)21(10-11-26-19)27(24,25)16-8-6-13(7-9-16)14-4-3-5-15(20)12-14/h3-9,12,17H,10-11H2,1-2H3,(H,22,23)/t17-/m0/s1. The first kappa shape index (κ1) is 19.9. The second kappa shape index (κ2) is 7.26. The molecule has 0 unspecified atom stereocenters. The van der Waals surface area contributed by atoms with Crippen molar-refractivity contribution >= 4 is 27.8 Å².